The van der Waals surface area contributed by atoms with Crippen molar-refractivity contribution in [2.45, 2.75) is 64.2 Å². The Morgan fingerprint density at radius 1 is 1.08 bits per heavy atom. The van der Waals surface area contributed by atoms with Crippen LogP contribution in [0.5, 0.6) is 0 Å². The first-order chi connectivity index (χ1) is 12.1. The van der Waals surface area contributed by atoms with E-state index in [4.69, 9.17) is 14.7 Å². The fourth-order valence-corrected chi connectivity index (χ4v) is 4.04. The predicted octanol–water partition coefficient (Wildman–Crippen LogP) is 2.72. The summed E-state index contributed by atoms with van der Waals surface area (Å²) in [6.07, 6.45) is 8.61. The van der Waals surface area contributed by atoms with Crippen LogP contribution < -0.4 is 10.2 Å². The van der Waals surface area contributed by atoms with Gasteiger partial charge in [-0.2, -0.15) is 15.1 Å². The summed E-state index contributed by atoms with van der Waals surface area (Å²) in [4.78, 5) is 11.9. The molecule has 1 saturated heterocycles. The summed E-state index contributed by atoms with van der Waals surface area (Å²) in [5.41, 5.74) is 0.884. The van der Waals surface area contributed by atoms with E-state index >= 15 is 0 Å². The second-order valence-corrected chi connectivity index (χ2v) is 7.52. The second-order valence-electron chi connectivity index (χ2n) is 7.52. The lowest BCUT2D eigenvalue weighted by atomic mass is 9.95. The van der Waals surface area contributed by atoms with E-state index in [0.717, 1.165) is 35.9 Å². The lowest BCUT2D eigenvalue weighted by Gasteiger charge is -2.35. The Bertz CT molecular complexity index is 728. The lowest BCUT2D eigenvalue weighted by Crippen LogP contribution is -2.46. The molecule has 25 heavy (non-hydrogen) atoms. The predicted molar refractivity (Wildman–Crippen MR) is 99.0 cm³/mol. The van der Waals surface area contributed by atoms with Crippen molar-refractivity contribution in [2.75, 3.05) is 23.3 Å². The molecule has 0 amide bonds. The summed E-state index contributed by atoms with van der Waals surface area (Å²) in [5.74, 6) is 1.70. The molecular weight excluding hydrogens is 316 g/mol. The maximum absolute atomic E-state index is 5.86. The van der Waals surface area contributed by atoms with Gasteiger partial charge in [-0.15, -0.1) is 0 Å². The number of nitrogens with one attached hydrogen (secondary N) is 1. The molecule has 3 heterocycles. The van der Waals surface area contributed by atoms with Gasteiger partial charge in [0.1, 0.15) is 5.82 Å². The maximum atomic E-state index is 5.86. The van der Waals surface area contributed by atoms with Crippen LogP contribution in [0.25, 0.3) is 11.0 Å². The standard InChI is InChI=1S/C18H28N6O/c1-12-10-24(11-13(2)25-12)18-21-16(20-14-7-5-4-6-8-14)15-9-19-23(3)17(15)22-18/h9,12-14H,4-8,10-11H2,1-3H3,(H,20,21,22)/t12-,13+. The average Bonchev–Trinajstić information content (AvgIpc) is 2.96. The van der Waals surface area contributed by atoms with Crippen molar-refractivity contribution in [3.63, 3.8) is 0 Å². The molecule has 2 fully saturated rings. The fourth-order valence-electron chi connectivity index (χ4n) is 4.04. The molecule has 1 aliphatic carbocycles. The first kappa shape index (κ1) is 16.6. The van der Waals surface area contributed by atoms with Crippen molar-refractivity contribution >= 4 is 22.8 Å². The Labute approximate surface area is 148 Å². The molecule has 2 aliphatic rings. The highest BCUT2D eigenvalue weighted by Gasteiger charge is 2.26. The molecule has 1 aliphatic heterocycles. The monoisotopic (exact) mass is 344 g/mol. The quantitative estimate of drug-likeness (QED) is 0.923. The zero-order valence-corrected chi connectivity index (χ0v) is 15.4. The van der Waals surface area contributed by atoms with Crippen molar-refractivity contribution in [3.8, 4) is 0 Å². The van der Waals surface area contributed by atoms with Crippen LogP contribution in [-0.4, -0.2) is 51.1 Å². The van der Waals surface area contributed by atoms with Crippen LogP contribution in [0.15, 0.2) is 6.20 Å². The highest BCUT2D eigenvalue weighted by Crippen LogP contribution is 2.28. The van der Waals surface area contributed by atoms with Gasteiger partial charge in [0.2, 0.25) is 5.95 Å². The van der Waals surface area contributed by atoms with Gasteiger partial charge in [-0.3, -0.25) is 4.68 Å². The number of anilines is 2. The Kier molecular flexibility index (Phi) is 4.50. The number of morpholine rings is 1. The number of fused-ring (bicyclic) bond motifs is 1. The summed E-state index contributed by atoms with van der Waals surface area (Å²) in [6, 6.07) is 0.502. The minimum absolute atomic E-state index is 0.185. The minimum atomic E-state index is 0.185. The van der Waals surface area contributed by atoms with Gasteiger partial charge < -0.3 is 15.0 Å². The third kappa shape index (κ3) is 3.42. The van der Waals surface area contributed by atoms with Gasteiger partial charge in [0.25, 0.3) is 0 Å². The normalized spacial score (nSPS) is 25.5. The van der Waals surface area contributed by atoms with Crippen molar-refractivity contribution < 1.29 is 4.74 Å². The zero-order valence-electron chi connectivity index (χ0n) is 15.4. The SMILES string of the molecule is C[C@@H]1CN(c2nc(NC3CCCCC3)c3cnn(C)c3n2)C[C@H](C)O1. The summed E-state index contributed by atoms with van der Waals surface area (Å²) >= 11 is 0. The van der Waals surface area contributed by atoms with E-state index in [1.165, 1.54) is 32.1 Å². The van der Waals surface area contributed by atoms with Gasteiger partial charge in [-0.25, -0.2) is 0 Å². The van der Waals surface area contributed by atoms with Crippen LogP contribution in [0.4, 0.5) is 11.8 Å². The molecule has 2 aromatic rings. The zero-order chi connectivity index (χ0) is 17.4. The first-order valence-electron chi connectivity index (χ1n) is 9.47. The highest BCUT2D eigenvalue weighted by molar-refractivity contribution is 5.87. The molecular formula is C18H28N6O. The molecule has 136 valence electrons. The first-order valence-corrected chi connectivity index (χ1v) is 9.47. The molecule has 0 bridgehead atoms. The van der Waals surface area contributed by atoms with Crippen LogP contribution >= 0.6 is 0 Å². The van der Waals surface area contributed by atoms with Gasteiger partial charge in [-0.1, -0.05) is 19.3 Å². The molecule has 0 spiro atoms. The fraction of sp³-hybridized carbons (Fsp3) is 0.722. The third-order valence-corrected chi connectivity index (χ3v) is 5.23. The van der Waals surface area contributed by atoms with Gasteiger partial charge in [0.15, 0.2) is 5.65 Å². The molecule has 2 aromatic heterocycles. The van der Waals surface area contributed by atoms with E-state index in [1.807, 2.05) is 17.9 Å². The smallest absolute Gasteiger partial charge is 0.229 e. The number of nitrogens with zero attached hydrogens (tertiary/aromatic N) is 5. The molecule has 4 rings (SSSR count). The van der Waals surface area contributed by atoms with Crippen molar-refractivity contribution in [1.82, 2.24) is 19.7 Å². The van der Waals surface area contributed by atoms with Gasteiger partial charge in [0, 0.05) is 26.2 Å². The van der Waals surface area contributed by atoms with Crippen LogP contribution in [0.1, 0.15) is 46.0 Å². The minimum Gasteiger partial charge on any atom is -0.372 e. The van der Waals surface area contributed by atoms with E-state index in [-0.39, 0.29) is 12.2 Å². The molecule has 0 unspecified atom stereocenters. The molecule has 0 radical (unpaired) electrons. The lowest BCUT2D eigenvalue weighted by molar-refractivity contribution is -0.00569. The summed E-state index contributed by atoms with van der Waals surface area (Å²) in [7, 11) is 1.94. The van der Waals surface area contributed by atoms with Crippen LogP contribution in [0.3, 0.4) is 0 Å². The molecule has 2 atom stereocenters. The van der Waals surface area contributed by atoms with E-state index in [2.05, 4.69) is 29.2 Å². The van der Waals surface area contributed by atoms with Crippen LogP contribution in [-0.2, 0) is 11.8 Å². The Balaban J connectivity index is 1.68. The van der Waals surface area contributed by atoms with Gasteiger partial charge >= 0.3 is 0 Å². The van der Waals surface area contributed by atoms with Gasteiger partial charge in [0.05, 0.1) is 23.8 Å². The summed E-state index contributed by atoms with van der Waals surface area (Å²) in [5, 5.41) is 9.08. The van der Waals surface area contributed by atoms with Crippen molar-refractivity contribution in [3.05, 3.63) is 6.20 Å². The van der Waals surface area contributed by atoms with Crippen LogP contribution in [0, 0.1) is 0 Å². The molecule has 7 nitrogen and oxygen atoms in total. The van der Waals surface area contributed by atoms with E-state index in [9.17, 15) is 0 Å². The molecule has 7 heteroatoms. The van der Waals surface area contributed by atoms with Gasteiger partial charge in [-0.05, 0) is 26.7 Å². The molecule has 0 aromatic carbocycles. The molecule has 1 N–H and O–H groups in total. The number of rotatable bonds is 3. The Morgan fingerprint density at radius 3 is 2.52 bits per heavy atom. The second kappa shape index (κ2) is 6.78. The maximum Gasteiger partial charge on any atom is 0.229 e. The van der Waals surface area contributed by atoms with Crippen LogP contribution in [0.2, 0.25) is 0 Å². The highest BCUT2D eigenvalue weighted by atomic mass is 16.5. The van der Waals surface area contributed by atoms with E-state index in [0.29, 0.717) is 6.04 Å². The number of aromatic nitrogens is 4. The Morgan fingerprint density at radius 2 is 1.80 bits per heavy atom. The van der Waals surface area contributed by atoms with Crippen molar-refractivity contribution in [1.29, 1.82) is 0 Å². The van der Waals surface area contributed by atoms with E-state index in [1.54, 1.807) is 0 Å². The summed E-state index contributed by atoms with van der Waals surface area (Å²) < 4.78 is 7.69. The van der Waals surface area contributed by atoms with E-state index < -0.39 is 0 Å². The number of hydrogen-bond acceptors (Lipinski definition) is 6. The number of hydrogen-bond donors (Lipinski definition) is 1. The number of ether oxygens (including phenoxy) is 1. The Hall–Kier alpha value is -1.89. The third-order valence-electron chi connectivity index (χ3n) is 5.23. The average molecular weight is 344 g/mol. The van der Waals surface area contributed by atoms with Crippen molar-refractivity contribution in [2.24, 2.45) is 7.05 Å². The number of aryl methyl sites for hydroxylation is 1. The molecule has 1 saturated carbocycles. The largest absolute Gasteiger partial charge is 0.372 e. The topological polar surface area (TPSA) is 68.1 Å². The summed E-state index contributed by atoms with van der Waals surface area (Å²) in [6.45, 7) is 5.84.